The first-order valence-corrected chi connectivity index (χ1v) is 36.2. The summed E-state index contributed by atoms with van der Waals surface area (Å²) in [6.07, 6.45) is 2.75. The number of hydrogen-bond donors (Lipinski definition) is 24. The number of nitrogens with one attached hydrogen (secondary N) is 16. The number of aliphatic hydroxyl groups excluding tert-OH is 2. The molecule has 39 nitrogen and oxygen atoms in total. The van der Waals surface area contributed by atoms with E-state index in [1.165, 1.54) is 73.6 Å². The maximum absolute atomic E-state index is 15.2. The van der Waals surface area contributed by atoms with Crippen molar-refractivity contribution in [1.29, 1.82) is 5.41 Å². The number of H-pyrrole nitrogens is 3. The van der Waals surface area contributed by atoms with Crippen LogP contribution in [0.5, 0.6) is 11.5 Å². The SMILES string of the molecule is CC[C@H](C)[C@H](N)C(=O)NCC(=O)N[C@@H](Cc1c[nH]c2ccccc12)C(=O)N[C@@H](Cc1cnc[nH]1)C(=O)N[C@@H](Cc1ccc(O)cc1)C(=O)N[C@@H](Cc1ccc(O)cc1)C(=O)N[C@@H](CC(C)C)C(=O)N[C@@H](CCCNC(=N)N)C(=O)N[C@H](C(=O)N[C@@H](CCC(N)=O)C(=O)N[C@@H](Cc1cnc[nH]1)C(=O)N[C@@H](CO)C(=O)O)[C@@H](C)O. The number of benzene rings is 3. The minimum atomic E-state index is -1.96. The van der Waals surface area contributed by atoms with Crippen LogP contribution < -0.4 is 81.0 Å². The van der Waals surface area contributed by atoms with Gasteiger partial charge >= 0.3 is 5.97 Å². The van der Waals surface area contributed by atoms with Crippen molar-refractivity contribution in [2.45, 2.75) is 178 Å². The fraction of sp³-hybridized carbons (Fsp3) is 0.452. The first-order valence-electron chi connectivity index (χ1n) is 36.2. The molecule has 0 unspecified atom stereocenters. The quantitative estimate of drug-likeness (QED) is 0.00981. The van der Waals surface area contributed by atoms with Crippen LogP contribution in [0.15, 0.2) is 104 Å². The maximum Gasteiger partial charge on any atom is 0.328 e. The van der Waals surface area contributed by atoms with Crippen molar-refractivity contribution >= 4 is 93.7 Å². The Morgan fingerprint density at radius 1 is 0.518 bits per heavy atom. The lowest BCUT2D eigenvalue weighted by atomic mass is 9.99. The Labute approximate surface area is 643 Å². The predicted octanol–water partition coefficient (Wildman–Crippen LogP) is -4.09. The van der Waals surface area contributed by atoms with E-state index >= 15 is 14.4 Å². The van der Waals surface area contributed by atoms with Crippen LogP contribution in [0.1, 0.15) is 101 Å². The van der Waals surface area contributed by atoms with Gasteiger partial charge in [0.15, 0.2) is 5.96 Å². The monoisotopic (exact) mass is 1560 g/mol. The van der Waals surface area contributed by atoms with Crippen LogP contribution >= 0.6 is 0 Å². The molecule has 606 valence electrons. The van der Waals surface area contributed by atoms with Crippen LogP contribution in [0, 0.1) is 17.2 Å². The molecule has 3 aromatic carbocycles. The van der Waals surface area contributed by atoms with Crippen LogP contribution in [-0.4, -0.2) is 226 Å². The highest BCUT2D eigenvalue weighted by Gasteiger charge is 2.38. The van der Waals surface area contributed by atoms with Gasteiger partial charge in [-0.3, -0.25) is 62.9 Å². The molecular formula is C73H101N21O18. The smallest absolute Gasteiger partial charge is 0.328 e. The fourth-order valence-electron chi connectivity index (χ4n) is 11.6. The number of nitrogens with zero attached hydrogens (tertiary/aromatic N) is 2. The molecule has 6 rings (SSSR count). The lowest BCUT2D eigenvalue weighted by molar-refractivity contribution is -0.143. The van der Waals surface area contributed by atoms with Crippen LogP contribution in [0.2, 0.25) is 0 Å². The Morgan fingerprint density at radius 2 is 0.964 bits per heavy atom. The van der Waals surface area contributed by atoms with Crippen molar-refractivity contribution in [3.8, 4) is 11.5 Å². The van der Waals surface area contributed by atoms with Crippen molar-refractivity contribution in [2.75, 3.05) is 19.7 Å². The van der Waals surface area contributed by atoms with E-state index in [1.54, 1.807) is 51.2 Å². The summed E-state index contributed by atoms with van der Waals surface area (Å²) < 4.78 is 0. The first-order chi connectivity index (χ1) is 53.2. The molecule has 0 saturated carbocycles. The molecule has 0 radical (unpaired) electrons. The summed E-state index contributed by atoms with van der Waals surface area (Å²) in [4.78, 5) is 199. The average molecular weight is 1560 g/mol. The number of imidazole rings is 2. The minimum Gasteiger partial charge on any atom is -0.508 e. The molecule has 27 N–H and O–H groups in total. The average Bonchev–Trinajstić information content (AvgIpc) is 1.63. The Hall–Kier alpha value is -12.5. The van der Waals surface area contributed by atoms with Crippen LogP contribution in [0.3, 0.4) is 0 Å². The summed E-state index contributed by atoms with van der Waals surface area (Å²) in [6, 6.07) is 0.794. The maximum atomic E-state index is 15.2. The zero-order valence-corrected chi connectivity index (χ0v) is 62.5. The summed E-state index contributed by atoms with van der Waals surface area (Å²) in [6.45, 7) is 6.47. The molecule has 13 atom stereocenters. The summed E-state index contributed by atoms with van der Waals surface area (Å²) in [5.41, 5.74) is 19.7. The first kappa shape index (κ1) is 88.4. The molecule has 3 aromatic heterocycles. The molecule has 0 aliphatic carbocycles. The third-order valence-corrected chi connectivity index (χ3v) is 18.1. The molecule has 0 bridgehead atoms. The normalized spacial score (nSPS) is 14.7. The van der Waals surface area contributed by atoms with Crippen molar-refractivity contribution in [3.05, 3.63) is 132 Å². The van der Waals surface area contributed by atoms with E-state index in [1.807, 2.05) is 6.92 Å². The molecule has 0 saturated heterocycles. The van der Waals surface area contributed by atoms with Crippen molar-refractivity contribution in [3.63, 3.8) is 0 Å². The van der Waals surface area contributed by atoms with E-state index in [-0.39, 0.29) is 81.0 Å². The standard InChI is InChI=1S/C73H101N21O18/c1-6-38(4)60(75)70(109)82-33-59(100)85-54(27-42-30-81-48-11-8-7-10-47(42)48)67(106)92-55(28-43-31-78-35-83-43)68(107)90-53(26-41-15-19-46(98)20-16-41)66(105)89-52(25-40-13-17-45(97)18-14-40)65(104)88-51(24-37(2)3)64(103)86-49(12-9-23-80-73(76)77)63(102)94-61(39(5)96)71(110)87-50(21-22-58(74)99)62(101)91-56(29-44-32-79-36-84-44)69(108)93-57(34-95)72(111)112/h7-8,10-11,13-20,30-32,35-39,49-57,60-61,81,95-98H,6,9,12,21-29,33-34,75H2,1-5H3,(H2,74,99)(H,78,83)(H,79,84)(H,82,109)(H,85,100)(H,86,103)(H,87,110)(H,88,104)(H,89,105)(H,90,107)(H,91,101)(H,92,106)(H,93,108)(H,94,102)(H,111,112)(H4,76,77,80)/t38-,39+,49-,50-,51-,52-,53-,54-,55-,56-,57-,60-,61-/m0/s1. The van der Waals surface area contributed by atoms with Crippen LogP contribution in [0.25, 0.3) is 10.9 Å². The van der Waals surface area contributed by atoms with Crippen molar-refractivity contribution < 1.29 is 87.9 Å². The minimum absolute atomic E-state index is 0.0145. The molecule has 112 heavy (non-hydrogen) atoms. The second-order valence-electron chi connectivity index (χ2n) is 27.5. The number of aromatic hydroxyl groups is 2. The van der Waals surface area contributed by atoms with Crippen LogP contribution in [0.4, 0.5) is 0 Å². The zero-order chi connectivity index (χ0) is 82.3. The van der Waals surface area contributed by atoms with Gasteiger partial charge in [0, 0.05) is 86.0 Å². The van der Waals surface area contributed by atoms with E-state index in [0.29, 0.717) is 39.7 Å². The van der Waals surface area contributed by atoms with Gasteiger partial charge in [-0.2, -0.15) is 0 Å². The number of carbonyl (C=O) groups excluding carboxylic acids is 12. The molecular weight excluding hydrogens is 1460 g/mol. The number of nitrogens with two attached hydrogens (primary N) is 3. The molecule has 0 aliphatic heterocycles. The summed E-state index contributed by atoms with van der Waals surface area (Å²) in [5, 5.41) is 89.7. The number of aliphatic hydroxyl groups is 2. The molecule has 0 spiro atoms. The lowest BCUT2D eigenvalue weighted by Crippen LogP contribution is -2.62. The number of primary amides is 1. The highest BCUT2D eigenvalue weighted by Crippen LogP contribution is 2.21. The zero-order valence-electron chi connectivity index (χ0n) is 62.5. The fourth-order valence-corrected chi connectivity index (χ4v) is 11.6. The summed E-state index contributed by atoms with van der Waals surface area (Å²) in [7, 11) is 0. The molecule has 6 aromatic rings. The van der Waals surface area contributed by atoms with Gasteiger partial charge in [-0.25, -0.2) is 14.8 Å². The van der Waals surface area contributed by atoms with E-state index < -0.39 is 187 Å². The molecule has 3 heterocycles. The van der Waals surface area contributed by atoms with Crippen molar-refractivity contribution in [2.24, 2.45) is 29.0 Å². The second kappa shape index (κ2) is 43.6. The largest absolute Gasteiger partial charge is 0.508 e. The van der Waals surface area contributed by atoms with Crippen molar-refractivity contribution in [1.82, 2.24) is 88.7 Å². The number of carboxylic acid groups (broad SMARTS) is 1. The lowest BCUT2D eigenvalue weighted by Gasteiger charge is -2.29. The number of hydrogen-bond acceptors (Lipinski definition) is 21. The second-order valence-corrected chi connectivity index (χ2v) is 27.5. The van der Waals surface area contributed by atoms with E-state index in [0.717, 1.165) is 6.92 Å². The van der Waals surface area contributed by atoms with Gasteiger partial charge in [0.2, 0.25) is 70.9 Å². The summed E-state index contributed by atoms with van der Waals surface area (Å²) >= 11 is 0. The van der Waals surface area contributed by atoms with Crippen LogP contribution in [-0.2, 0) is 94.4 Å². The van der Waals surface area contributed by atoms with Gasteiger partial charge in [0.25, 0.3) is 0 Å². The molecule has 12 amide bonds. The Balaban J connectivity index is 1.28. The summed E-state index contributed by atoms with van der Waals surface area (Å²) in [5.74, 6) is -14.8. The van der Waals surface area contributed by atoms with E-state index in [4.69, 9.17) is 22.6 Å². The number of carboxylic acids is 1. The Morgan fingerprint density at radius 3 is 1.43 bits per heavy atom. The predicted molar refractivity (Wildman–Crippen MR) is 403 cm³/mol. The number of fused-ring (bicyclic) bond motifs is 1. The molecule has 0 aliphatic rings. The molecule has 0 fully saturated rings. The number of aromatic nitrogens is 5. The third kappa shape index (κ3) is 28.5. The third-order valence-electron chi connectivity index (χ3n) is 18.1. The Bertz CT molecular complexity index is 4180. The number of phenols is 2. The number of aromatic amines is 3. The van der Waals surface area contributed by atoms with Gasteiger partial charge in [-0.15, -0.1) is 0 Å². The van der Waals surface area contributed by atoms with E-state index in [2.05, 4.69) is 88.7 Å². The van der Waals surface area contributed by atoms with Gasteiger partial charge in [-0.1, -0.05) is 76.6 Å². The molecule has 39 heteroatoms. The van der Waals surface area contributed by atoms with Gasteiger partial charge < -0.3 is 121 Å². The van der Waals surface area contributed by atoms with E-state index in [9.17, 15) is 73.5 Å². The number of phenolic OH excluding ortho intramolecular Hbond substituents is 2. The highest BCUT2D eigenvalue weighted by molar-refractivity contribution is 6.00. The number of guanidine groups is 1. The number of carbonyl (C=O) groups is 13. The van der Waals surface area contributed by atoms with Gasteiger partial charge in [-0.05, 0) is 91.5 Å². The number of amides is 12. The number of rotatable bonds is 46. The van der Waals surface area contributed by atoms with Gasteiger partial charge in [0.1, 0.15) is 71.9 Å². The number of para-hydroxylation sites is 1. The highest BCUT2D eigenvalue weighted by atomic mass is 16.4. The van der Waals surface area contributed by atoms with Gasteiger partial charge in [0.05, 0.1) is 38.0 Å². The Kier molecular flexibility index (Phi) is 34.4. The topological polar surface area (TPSA) is 642 Å². The number of aliphatic carboxylic acids is 1.